The summed E-state index contributed by atoms with van der Waals surface area (Å²) >= 11 is 6.19. The lowest BCUT2D eigenvalue weighted by Crippen LogP contribution is -2.26. The topological polar surface area (TPSA) is 55.5 Å². The van der Waals surface area contributed by atoms with Crippen LogP contribution in [0.15, 0.2) is 12.1 Å². The van der Waals surface area contributed by atoms with E-state index in [0.717, 1.165) is 28.3 Å². The van der Waals surface area contributed by atoms with Crippen molar-refractivity contribution in [2.45, 2.75) is 27.2 Å². The van der Waals surface area contributed by atoms with Crippen LogP contribution in [-0.4, -0.2) is 24.9 Å². The van der Waals surface area contributed by atoms with E-state index in [1.165, 1.54) is 0 Å². The number of halogens is 1. The van der Waals surface area contributed by atoms with Gasteiger partial charge in [0.1, 0.15) is 5.75 Å². The third-order valence-corrected chi connectivity index (χ3v) is 3.93. The Balaban J connectivity index is 2.95. The van der Waals surface area contributed by atoms with E-state index in [9.17, 15) is 5.11 Å². The maximum Gasteiger partial charge on any atom is 0.122 e. The van der Waals surface area contributed by atoms with Crippen molar-refractivity contribution in [3.63, 3.8) is 0 Å². The van der Waals surface area contributed by atoms with Gasteiger partial charge in [-0.3, -0.25) is 0 Å². The highest BCUT2D eigenvalue weighted by molar-refractivity contribution is 6.31. The summed E-state index contributed by atoms with van der Waals surface area (Å²) in [5.74, 6) is 1.27. The van der Waals surface area contributed by atoms with Crippen LogP contribution in [0.2, 0.25) is 5.02 Å². The standard InChI is InChI=1S/C15H24ClNO2/c1-4-19-15-6-11(3)14(16)7-12(15)5-10(2)13(8-17)9-18/h6-7,10,13,18H,4-5,8-9,17H2,1-3H3. The molecule has 0 amide bonds. The number of aryl methyl sites for hydroxylation is 1. The smallest absolute Gasteiger partial charge is 0.122 e. The normalized spacial score (nSPS) is 14.2. The molecule has 4 heteroatoms. The molecule has 1 aromatic rings. The van der Waals surface area contributed by atoms with Crippen molar-refractivity contribution < 1.29 is 9.84 Å². The van der Waals surface area contributed by atoms with Gasteiger partial charge in [0.05, 0.1) is 6.61 Å². The number of aliphatic hydroxyl groups is 1. The molecule has 0 saturated heterocycles. The minimum Gasteiger partial charge on any atom is -0.494 e. The summed E-state index contributed by atoms with van der Waals surface area (Å²) < 4.78 is 5.67. The maximum atomic E-state index is 9.31. The van der Waals surface area contributed by atoms with E-state index in [1.807, 2.05) is 26.0 Å². The average Bonchev–Trinajstić information content (AvgIpc) is 2.37. The molecular weight excluding hydrogens is 262 g/mol. The van der Waals surface area contributed by atoms with Gasteiger partial charge in [0.2, 0.25) is 0 Å². The average molecular weight is 286 g/mol. The quantitative estimate of drug-likeness (QED) is 0.810. The van der Waals surface area contributed by atoms with Gasteiger partial charge < -0.3 is 15.6 Å². The van der Waals surface area contributed by atoms with Crippen LogP contribution in [0.25, 0.3) is 0 Å². The fourth-order valence-electron chi connectivity index (χ4n) is 2.15. The minimum absolute atomic E-state index is 0.106. The SMILES string of the molecule is CCOc1cc(C)c(Cl)cc1CC(C)C(CN)CO. The van der Waals surface area contributed by atoms with Gasteiger partial charge in [0.15, 0.2) is 0 Å². The van der Waals surface area contributed by atoms with Crippen LogP contribution >= 0.6 is 11.6 Å². The summed E-state index contributed by atoms with van der Waals surface area (Å²) in [7, 11) is 0. The first-order chi connectivity index (χ1) is 9.03. The lowest BCUT2D eigenvalue weighted by atomic mass is 9.88. The highest BCUT2D eigenvalue weighted by Crippen LogP contribution is 2.30. The first kappa shape index (κ1) is 16.3. The van der Waals surface area contributed by atoms with E-state index in [0.29, 0.717) is 13.2 Å². The molecule has 3 N–H and O–H groups in total. The summed E-state index contributed by atoms with van der Waals surface area (Å²) in [4.78, 5) is 0. The lowest BCUT2D eigenvalue weighted by molar-refractivity contribution is 0.186. The van der Waals surface area contributed by atoms with Gasteiger partial charge in [0.25, 0.3) is 0 Å². The van der Waals surface area contributed by atoms with E-state index < -0.39 is 0 Å². The van der Waals surface area contributed by atoms with Gasteiger partial charge >= 0.3 is 0 Å². The Bertz CT molecular complexity index is 405. The molecule has 1 rings (SSSR count). The number of hydrogen-bond donors (Lipinski definition) is 2. The Morgan fingerprint density at radius 1 is 1.42 bits per heavy atom. The van der Waals surface area contributed by atoms with Crippen LogP contribution in [0.4, 0.5) is 0 Å². The van der Waals surface area contributed by atoms with Gasteiger partial charge in [-0.1, -0.05) is 18.5 Å². The van der Waals surface area contributed by atoms with E-state index in [2.05, 4.69) is 6.92 Å². The summed E-state index contributed by atoms with van der Waals surface area (Å²) in [5.41, 5.74) is 7.76. The zero-order valence-corrected chi connectivity index (χ0v) is 12.7. The Kier molecular flexibility index (Phi) is 6.63. The molecule has 0 fully saturated rings. The molecule has 0 radical (unpaired) electrons. The van der Waals surface area contributed by atoms with Gasteiger partial charge in [-0.2, -0.15) is 0 Å². The van der Waals surface area contributed by atoms with Crippen LogP contribution in [0, 0.1) is 18.8 Å². The van der Waals surface area contributed by atoms with Gasteiger partial charge in [-0.05, 0) is 61.9 Å². The molecule has 2 atom stereocenters. The van der Waals surface area contributed by atoms with Gasteiger partial charge in [-0.15, -0.1) is 0 Å². The fourth-order valence-corrected chi connectivity index (χ4v) is 2.33. The van der Waals surface area contributed by atoms with E-state index >= 15 is 0 Å². The molecule has 0 aliphatic heterocycles. The van der Waals surface area contributed by atoms with E-state index in [4.69, 9.17) is 22.1 Å². The van der Waals surface area contributed by atoms with E-state index in [1.54, 1.807) is 0 Å². The number of nitrogens with two attached hydrogens (primary N) is 1. The summed E-state index contributed by atoms with van der Waals surface area (Å²) in [6.07, 6.45) is 0.803. The number of benzene rings is 1. The lowest BCUT2D eigenvalue weighted by Gasteiger charge is -2.22. The second kappa shape index (κ2) is 7.73. The Labute approximate surface area is 120 Å². The van der Waals surface area contributed by atoms with Crippen LogP contribution in [0.3, 0.4) is 0 Å². The number of aliphatic hydroxyl groups excluding tert-OH is 1. The Morgan fingerprint density at radius 3 is 2.63 bits per heavy atom. The van der Waals surface area contributed by atoms with Crippen LogP contribution in [0.1, 0.15) is 25.0 Å². The molecule has 0 aliphatic carbocycles. The monoisotopic (exact) mass is 285 g/mol. The molecule has 0 aromatic heterocycles. The van der Waals surface area contributed by atoms with Crippen LogP contribution in [-0.2, 0) is 6.42 Å². The van der Waals surface area contributed by atoms with Gasteiger partial charge in [-0.25, -0.2) is 0 Å². The van der Waals surface area contributed by atoms with Crippen molar-refractivity contribution in [3.8, 4) is 5.75 Å². The molecule has 0 bridgehead atoms. The largest absolute Gasteiger partial charge is 0.494 e. The van der Waals surface area contributed by atoms with Crippen molar-refractivity contribution >= 4 is 11.6 Å². The molecule has 1 aromatic carbocycles. The third-order valence-electron chi connectivity index (χ3n) is 3.53. The molecule has 0 saturated carbocycles. The third kappa shape index (κ3) is 4.37. The fraction of sp³-hybridized carbons (Fsp3) is 0.600. The molecule has 0 aliphatic rings. The Morgan fingerprint density at radius 2 is 2.11 bits per heavy atom. The molecular formula is C15H24ClNO2. The van der Waals surface area contributed by atoms with Crippen molar-refractivity contribution in [2.75, 3.05) is 19.8 Å². The maximum absolute atomic E-state index is 9.31. The van der Waals surface area contributed by atoms with Crippen molar-refractivity contribution in [3.05, 3.63) is 28.3 Å². The number of hydrogen-bond acceptors (Lipinski definition) is 3. The zero-order chi connectivity index (χ0) is 14.4. The van der Waals surface area contributed by atoms with Crippen molar-refractivity contribution in [1.82, 2.24) is 0 Å². The van der Waals surface area contributed by atoms with Crippen molar-refractivity contribution in [2.24, 2.45) is 17.6 Å². The predicted molar refractivity (Wildman–Crippen MR) is 79.9 cm³/mol. The molecule has 0 spiro atoms. The van der Waals surface area contributed by atoms with Gasteiger partial charge in [0, 0.05) is 11.6 Å². The predicted octanol–water partition coefficient (Wildman–Crippen LogP) is 2.79. The highest BCUT2D eigenvalue weighted by Gasteiger charge is 2.18. The summed E-state index contributed by atoms with van der Waals surface area (Å²) in [5, 5.41) is 10.1. The molecule has 3 nitrogen and oxygen atoms in total. The van der Waals surface area contributed by atoms with Crippen LogP contribution < -0.4 is 10.5 Å². The molecule has 108 valence electrons. The second-order valence-electron chi connectivity index (χ2n) is 5.00. The number of rotatable bonds is 7. The number of ether oxygens (including phenoxy) is 1. The zero-order valence-electron chi connectivity index (χ0n) is 11.9. The second-order valence-corrected chi connectivity index (χ2v) is 5.41. The summed E-state index contributed by atoms with van der Waals surface area (Å²) in [6, 6.07) is 3.94. The Hall–Kier alpha value is -0.770. The molecule has 19 heavy (non-hydrogen) atoms. The first-order valence-electron chi connectivity index (χ1n) is 6.76. The highest BCUT2D eigenvalue weighted by atomic mass is 35.5. The minimum atomic E-state index is 0.106. The van der Waals surface area contributed by atoms with Crippen LogP contribution in [0.5, 0.6) is 5.75 Å². The molecule has 0 heterocycles. The summed E-state index contributed by atoms with van der Waals surface area (Å²) in [6.45, 7) is 7.25. The first-order valence-corrected chi connectivity index (χ1v) is 7.14. The van der Waals surface area contributed by atoms with E-state index in [-0.39, 0.29) is 18.4 Å². The van der Waals surface area contributed by atoms with Crippen molar-refractivity contribution in [1.29, 1.82) is 0 Å². The molecule has 2 unspecified atom stereocenters.